The number of pyridine rings is 1. The number of fused-ring (bicyclic) bond motifs is 1. The molecule has 1 fully saturated rings. The molecule has 1 aliphatic heterocycles. The molecule has 29 heavy (non-hydrogen) atoms. The van der Waals surface area contributed by atoms with Crippen molar-refractivity contribution in [2.45, 2.75) is 13.3 Å². The molecule has 1 aromatic heterocycles. The molecular formula is C23H24N2O4. The first-order valence-corrected chi connectivity index (χ1v) is 9.86. The van der Waals surface area contributed by atoms with Gasteiger partial charge in [0.1, 0.15) is 17.1 Å². The van der Waals surface area contributed by atoms with Gasteiger partial charge in [0.25, 0.3) is 5.91 Å². The van der Waals surface area contributed by atoms with Gasteiger partial charge in [0.2, 0.25) is 5.43 Å². The number of hydrogen-bond acceptors (Lipinski definition) is 4. The molecule has 0 bridgehead atoms. The molecule has 0 saturated carbocycles. The van der Waals surface area contributed by atoms with E-state index >= 15 is 0 Å². The van der Waals surface area contributed by atoms with Gasteiger partial charge < -0.3 is 19.8 Å². The van der Waals surface area contributed by atoms with Gasteiger partial charge in [-0.15, -0.1) is 0 Å². The lowest BCUT2D eigenvalue weighted by Gasteiger charge is -2.28. The van der Waals surface area contributed by atoms with E-state index in [4.69, 9.17) is 9.47 Å². The number of carbonyl (C=O) groups is 1. The van der Waals surface area contributed by atoms with E-state index in [2.05, 4.69) is 17.2 Å². The standard InChI is InChI=1S/C23H24N2O4/c1-15-14-28-10-9-16(15)12-25-23(27)20-13-24-21-8-7-18(11-19(21)22(20)26)29-17-5-3-2-4-6-17/h2-8,11,13,15-16H,9-10,12,14H2,1H3,(H,24,26)(H,25,27). The van der Waals surface area contributed by atoms with E-state index in [-0.39, 0.29) is 16.9 Å². The molecule has 2 atom stereocenters. The predicted octanol–water partition coefficient (Wildman–Crippen LogP) is 3.72. The molecule has 6 heteroatoms. The monoisotopic (exact) mass is 392 g/mol. The van der Waals surface area contributed by atoms with Gasteiger partial charge in [0.05, 0.1) is 0 Å². The fourth-order valence-electron chi connectivity index (χ4n) is 3.60. The van der Waals surface area contributed by atoms with Crippen LogP contribution < -0.4 is 15.5 Å². The summed E-state index contributed by atoms with van der Waals surface area (Å²) in [6.07, 6.45) is 2.39. The van der Waals surface area contributed by atoms with Crippen LogP contribution in [0.1, 0.15) is 23.7 Å². The lowest BCUT2D eigenvalue weighted by molar-refractivity contribution is 0.0243. The molecule has 1 saturated heterocycles. The van der Waals surface area contributed by atoms with E-state index in [1.165, 1.54) is 6.20 Å². The third kappa shape index (κ3) is 4.32. The second kappa shape index (κ2) is 8.49. The number of rotatable bonds is 5. The molecule has 2 unspecified atom stereocenters. The number of amides is 1. The molecule has 2 N–H and O–H groups in total. The Bertz CT molecular complexity index is 1060. The first-order chi connectivity index (χ1) is 14.1. The maximum Gasteiger partial charge on any atom is 0.256 e. The Labute approximate surface area is 168 Å². The summed E-state index contributed by atoms with van der Waals surface area (Å²) in [6.45, 7) is 4.08. The second-order valence-corrected chi connectivity index (χ2v) is 7.46. The summed E-state index contributed by atoms with van der Waals surface area (Å²) in [5.74, 6) is 1.61. The fraction of sp³-hybridized carbons (Fsp3) is 0.304. The number of ether oxygens (including phenoxy) is 2. The first-order valence-electron chi connectivity index (χ1n) is 9.86. The van der Waals surface area contributed by atoms with Crippen molar-refractivity contribution in [1.82, 2.24) is 10.3 Å². The van der Waals surface area contributed by atoms with Gasteiger partial charge in [-0.25, -0.2) is 0 Å². The number of H-pyrrole nitrogens is 1. The maximum absolute atomic E-state index is 12.9. The van der Waals surface area contributed by atoms with E-state index in [1.807, 2.05) is 30.3 Å². The van der Waals surface area contributed by atoms with Gasteiger partial charge in [0, 0.05) is 36.9 Å². The van der Waals surface area contributed by atoms with Crippen molar-refractivity contribution >= 4 is 16.8 Å². The molecule has 0 radical (unpaired) electrons. The molecule has 1 amide bonds. The summed E-state index contributed by atoms with van der Waals surface area (Å²) < 4.78 is 11.3. The minimum absolute atomic E-state index is 0.106. The van der Waals surface area contributed by atoms with Crippen LogP contribution in [0.15, 0.2) is 59.5 Å². The van der Waals surface area contributed by atoms with Gasteiger partial charge >= 0.3 is 0 Å². The summed E-state index contributed by atoms with van der Waals surface area (Å²) in [5, 5.41) is 3.34. The Hall–Kier alpha value is -3.12. The highest BCUT2D eigenvalue weighted by molar-refractivity contribution is 5.97. The second-order valence-electron chi connectivity index (χ2n) is 7.46. The number of aromatic nitrogens is 1. The van der Waals surface area contributed by atoms with Gasteiger partial charge in [-0.1, -0.05) is 25.1 Å². The maximum atomic E-state index is 12.9. The van der Waals surface area contributed by atoms with E-state index in [0.717, 1.165) is 6.42 Å². The lowest BCUT2D eigenvalue weighted by Crippen LogP contribution is -2.37. The van der Waals surface area contributed by atoms with Crippen molar-refractivity contribution in [1.29, 1.82) is 0 Å². The Morgan fingerprint density at radius 1 is 1.21 bits per heavy atom. The molecule has 2 heterocycles. The third-order valence-corrected chi connectivity index (χ3v) is 5.42. The van der Waals surface area contributed by atoms with Crippen LogP contribution in [0.3, 0.4) is 0 Å². The van der Waals surface area contributed by atoms with Gasteiger partial charge in [-0.3, -0.25) is 9.59 Å². The first kappa shape index (κ1) is 19.2. The molecule has 0 spiro atoms. The minimum atomic E-state index is -0.360. The molecule has 4 rings (SSSR count). The molecule has 3 aromatic rings. The van der Waals surface area contributed by atoms with Crippen molar-refractivity contribution < 1.29 is 14.3 Å². The zero-order valence-electron chi connectivity index (χ0n) is 16.3. The minimum Gasteiger partial charge on any atom is -0.457 e. The normalized spacial score (nSPS) is 19.1. The van der Waals surface area contributed by atoms with E-state index < -0.39 is 0 Å². The van der Waals surface area contributed by atoms with E-state index in [0.29, 0.717) is 54.0 Å². The highest BCUT2D eigenvalue weighted by atomic mass is 16.5. The highest BCUT2D eigenvalue weighted by Crippen LogP contribution is 2.24. The van der Waals surface area contributed by atoms with E-state index in [9.17, 15) is 9.59 Å². The number of benzene rings is 2. The van der Waals surface area contributed by atoms with Crippen LogP contribution in [-0.2, 0) is 4.74 Å². The summed E-state index contributed by atoms with van der Waals surface area (Å²) in [6, 6.07) is 14.6. The quantitative estimate of drug-likeness (QED) is 0.693. The van der Waals surface area contributed by atoms with Crippen molar-refractivity contribution in [2.75, 3.05) is 19.8 Å². The van der Waals surface area contributed by atoms with Crippen molar-refractivity contribution in [3.63, 3.8) is 0 Å². The average molecular weight is 392 g/mol. The largest absolute Gasteiger partial charge is 0.457 e. The van der Waals surface area contributed by atoms with Gasteiger partial charge in [0.15, 0.2) is 0 Å². The number of nitrogens with one attached hydrogen (secondary N) is 2. The topological polar surface area (TPSA) is 80.4 Å². The Balaban J connectivity index is 1.54. The molecule has 2 aromatic carbocycles. The molecule has 6 nitrogen and oxygen atoms in total. The summed E-state index contributed by atoms with van der Waals surface area (Å²) >= 11 is 0. The molecule has 1 aliphatic rings. The zero-order valence-corrected chi connectivity index (χ0v) is 16.3. The van der Waals surface area contributed by atoms with Crippen LogP contribution >= 0.6 is 0 Å². The summed E-state index contributed by atoms with van der Waals surface area (Å²) in [4.78, 5) is 28.6. The smallest absolute Gasteiger partial charge is 0.256 e. The van der Waals surface area contributed by atoms with Crippen LogP contribution in [0.4, 0.5) is 0 Å². The number of para-hydroxylation sites is 1. The molecule has 0 aliphatic carbocycles. The predicted molar refractivity (Wildman–Crippen MR) is 112 cm³/mol. The lowest BCUT2D eigenvalue weighted by atomic mass is 9.90. The Morgan fingerprint density at radius 2 is 2.03 bits per heavy atom. The zero-order chi connectivity index (χ0) is 20.2. The fourth-order valence-corrected chi connectivity index (χ4v) is 3.60. The summed E-state index contributed by atoms with van der Waals surface area (Å²) in [5.41, 5.74) is 0.453. The number of aromatic amines is 1. The van der Waals surface area contributed by atoms with Crippen LogP contribution in [0.5, 0.6) is 11.5 Å². The average Bonchev–Trinajstić information content (AvgIpc) is 2.74. The van der Waals surface area contributed by atoms with Gasteiger partial charge in [-0.2, -0.15) is 0 Å². The van der Waals surface area contributed by atoms with E-state index in [1.54, 1.807) is 18.2 Å². The van der Waals surface area contributed by atoms with Gasteiger partial charge in [-0.05, 0) is 48.6 Å². The molecular weight excluding hydrogens is 368 g/mol. The molecule has 150 valence electrons. The SMILES string of the molecule is CC1COCCC1CNC(=O)c1c[nH]c2ccc(Oc3ccccc3)cc2c1=O. The highest BCUT2D eigenvalue weighted by Gasteiger charge is 2.23. The van der Waals surface area contributed by atoms with Crippen molar-refractivity contribution in [3.05, 3.63) is 70.5 Å². The number of hydrogen-bond donors (Lipinski definition) is 2. The summed E-state index contributed by atoms with van der Waals surface area (Å²) in [7, 11) is 0. The third-order valence-electron chi connectivity index (χ3n) is 5.42. The van der Waals surface area contributed by atoms with Crippen molar-refractivity contribution in [2.24, 2.45) is 11.8 Å². The van der Waals surface area contributed by atoms with Crippen LogP contribution in [0.2, 0.25) is 0 Å². The van der Waals surface area contributed by atoms with Crippen LogP contribution in [0.25, 0.3) is 10.9 Å². The number of carbonyl (C=O) groups excluding carboxylic acids is 1. The van der Waals surface area contributed by atoms with Crippen LogP contribution in [0, 0.1) is 11.8 Å². The Morgan fingerprint density at radius 3 is 2.83 bits per heavy atom. The van der Waals surface area contributed by atoms with Crippen LogP contribution in [-0.4, -0.2) is 30.6 Å². The Kier molecular flexibility index (Phi) is 5.62. The van der Waals surface area contributed by atoms with Crippen molar-refractivity contribution in [3.8, 4) is 11.5 Å².